The van der Waals surface area contributed by atoms with Crippen molar-refractivity contribution in [3.63, 3.8) is 0 Å². The highest BCUT2D eigenvalue weighted by Crippen LogP contribution is 2.37. The van der Waals surface area contributed by atoms with Crippen molar-refractivity contribution >= 4 is 27.5 Å². The van der Waals surface area contributed by atoms with Crippen LogP contribution in [0, 0.1) is 11.7 Å². The minimum absolute atomic E-state index is 0.0539. The van der Waals surface area contributed by atoms with Crippen LogP contribution in [0.3, 0.4) is 0 Å². The van der Waals surface area contributed by atoms with E-state index in [9.17, 15) is 5.11 Å². The molecule has 0 spiro atoms. The lowest BCUT2D eigenvalue weighted by Crippen LogP contribution is -2.35. The van der Waals surface area contributed by atoms with Crippen LogP contribution < -0.4 is 9.64 Å². The molecule has 0 aliphatic carbocycles. The highest BCUT2D eigenvalue weighted by molar-refractivity contribution is 5.99. The highest BCUT2D eigenvalue weighted by atomic mass is 19.1. The van der Waals surface area contributed by atoms with E-state index in [0.29, 0.717) is 22.7 Å². The molecular formula is C24H23FN4O2. The van der Waals surface area contributed by atoms with Gasteiger partial charge in [0.05, 0.1) is 12.5 Å². The number of nitrogens with zero attached hydrogens (tertiary/aromatic N) is 4. The van der Waals surface area contributed by atoms with Crippen LogP contribution in [0.2, 0.25) is 0 Å². The summed E-state index contributed by atoms with van der Waals surface area (Å²) in [6.07, 6.45) is 3.84. The van der Waals surface area contributed by atoms with Crippen molar-refractivity contribution in [2.75, 3.05) is 25.1 Å². The molecule has 2 aromatic heterocycles. The first-order chi connectivity index (χ1) is 15.0. The van der Waals surface area contributed by atoms with E-state index < -0.39 is 5.82 Å². The first-order valence-electron chi connectivity index (χ1n) is 10.4. The van der Waals surface area contributed by atoms with Crippen LogP contribution in [0.4, 0.5) is 10.2 Å². The quantitative estimate of drug-likeness (QED) is 0.508. The first kappa shape index (κ1) is 19.5. The van der Waals surface area contributed by atoms with Gasteiger partial charge in [-0.05, 0) is 41.7 Å². The number of benzene rings is 2. The molecule has 5 rings (SSSR count). The topological polar surface area (TPSA) is 71.4 Å². The van der Waals surface area contributed by atoms with Crippen molar-refractivity contribution in [3.05, 3.63) is 48.4 Å². The number of hydrogen-bond acceptors (Lipinski definition) is 6. The van der Waals surface area contributed by atoms with Gasteiger partial charge in [0.25, 0.3) is 0 Å². The number of hydrogen-bond donors (Lipinski definition) is 1. The molecule has 7 heteroatoms. The lowest BCUT2D eigenvalue weighted by molar-refractivity contribution is 0.379. The van der Waals surface area contributed by atoms with Gasteiger partial charge in [-0.1, -0.05) is 31.2 Å². The Morgan fingerprint density at radius 1 is 1.16 bits per heavy atom. The molecular weight excluding hydrogens is 395 g/mol. The van der Waals surface area contributed by atoms with Crippen LogP contribution in [-0.4, -0.2) is 40.3 Å². The van der Waals surface area contributed by atoms with Gasteiger partial charge >= 0.3 is 6.01 Å². The van der Waals surface area contributed by atoms with Crippen LogP contribution in [0.1, 0.15) is 19.8 Å². The molecule has 1 saturated heterocycles. The molecule has 0 amide bonds. The summed E-state index contributed by atoms with van der Waals surface area (Å²) in [4.78, 5) is 15.5. The molecule has 31 heavy (non-hydrogen) atoms. The Bertz CT molecular complexity index is 1290. The fraction of sp³-hybridized carbons (Fsp3) is 0.292. The number of piperidine rings is 1. The van der Waals surface area contributed by atoms with Gasteiger partial charge in [0, 0.05) is 24.8 Å². The third-order valence-electron chi connectivity index (χ3n) is 5.88. The Balaban J connectivity index is 1.74. The summed E-state index contributed by atoms with van der Waals surface area (Å²) in [6.45, 7) is 3.90. The van der Waals surface area contributed by atoms with Crippen LogP contribution in [0.15, 0.2) is 42.6 Å². The van der Waals surface area contributed by atoms with Crippen molar-refractivity contribution in [2.45, 2.75) is 19.8 Å². The van der Waals surface area contributed by atoms with Gasteiger partial charge in [-0.2, -0.15) is 9.97 Å². The summed E-state index contributed by atoms with van der Waals surface area (Å²) in [5, 5.41) is 12.4. The van der Waals surface area contributed by atoms with E-state index in [0.717, 1.165) is 36.7 Å². The van der Waals surface area contributed by atoms with Crippen molar-refractivity contribution in [1.82, 2.24) is 15.0 Å². The summed E-state index contributed by atoms with van der Waals surface area (Å²) in [5.74, 6) is 0.672. The lowest BCUT2D eigenvalue weighted by Gasteiger charge is -2.32. The molecule has 0 saturated carbocycles. The second kappa shape index (κ2) is 7.65. The number of halogens is 1. The van der Waals surface area contributed by atoms with Gasteiger partial charge in [0.2, 0.25) is 0 Å². The van der Waals surface area contributed by atoms with Gasteiger partial charge in [-0.15, -0.1) is 0 Å². The zero-order valence-electron chi connectivity index (χ0n) is 17.5. The summed E-state index contributed by atoms with van der Waals surface area (Å²) in [6, 6.07) is 10.8. The van der Waals surface area contributed by atoms with Crippen molar-refractivity contribution < 1.29 is 14.2 Å². The molecule has 3 heterocycles. The monoisotopic (exact) mass is 418 g/mol. The van der Waals surface area contributed by atoms with Crippen molar-refractivity contribution in [3.8, 4) is 23.0 Å². The Morgan fingerprint density at radius 2 is 2.00 bits per heavy atom. The molecule has 4 aromatic rings. The summed E-state index contributed by atoms with van der Waals surface area (Å²) in [5.41, 5.74) is 0.816. The van der Waals surface area contributed by atoms with Gasteiger partial charge in [0.1, 0.15) is 22.8 Å². The van der Waals surface area contributed by atoms with E-state index in [1.807, 2.05) is 24.3 Å². The largest absolute Gasteiger partial charge is 0.508 e. The Kier molecular flexibility index (Phi) is 4.81. The first-order valence-corrected chi connectivity index (χ1v) is 10.4. The second-order valence-corrected chi connectivity index (χ2v) is 8.12. The summed E-state index contributed by atoms with van der Waals surface area (Å²) >= 11 is 0. The molecule has 0 radical (unpaired) electrons. The van der Waals surface area contributed by atoms with E-state index in [4.69, 9.17) is 4.74 Å². The van der Waals surface area contributed by atoms with Crippen molar-refractivity contribution in [2.24, 2.45) is 5.92 Å². The Morgan fingerprint density at radius 3 is 2.81 bits per heavy atom. The fourth-order valence-electron chi connectivity index (χ4n) is 4.41. The number of rotatable bonds is 3. The molecule has 1 unspecified atom stereocenters. The normalized spacial score (nSPS) is 16.7. The van der Waals surface area contributed by atoms with E-state index >= 15 is 4.39 Å². The average Bonchev–Trinajstić information content (AvgIpc) is 2.78. The van der Waals surface area contributed by atoms with Gasteiger partial charge < -0.3 is 14.7 Å². The maximum Gasteiger partial charge on any atom is 0.318 e. The average molecular weight is 418 g/mol. The van der Waals surface area contributed by atoms with E-state index in [1.165, 1.54) is 13.2 Å². The molecule has 1 fully saturated rings. The third-order valence-corrected chi connectivity index (χ3v) is 5.88. The molecule has 158 valence electrons. The number of phenols is 1. The third kappa shape index (κ3) is 3.40. The standard InChI is InChI=1S/C24H23FN4O2/c1-14-6-5-9-29(13-14)23-19-12-26-21(20(25)22(19)27-24(28-23)31-2)18-11-16(30)10-15-7-3-4-8-17(15)18/h3-4,7-8,10-12,14,30H,5-6,9,13H2,1-2H3. The molecule has 1 aliphatic rings. The number of phenolic OH excluding ortho intramolecular Hbond substituents is 1. The van der Waals surface area contributed by atoms with E-state index in [-0.39, 0.29) is 23.0 Å². The minimum Gasteiger partial charge on any atom is -0.508 e. The zero-order chi connectivity index (χ0) is 21.5. The maximum atomic E-state index is 15.8. The number of aromatic hydroxyl groups is 1. The smallest absolute Gasteiger partial charge is 0.318 e. The minimum atomic E-state index is -0.555. The van der Waals surface area contributed by atoms with E-state index in [2.05, 4.69) is 26.8 Å². The van der Waals surface area contributed by atoms with Gasteiger partial charge in [0.15, 0.2) is 5.82 Å². The second-order valence-electron chi connectivity index (χ2n) is 8.12. The molecule has 1 aliphatic heterocycles. The van der Waals surface area contributed by atoms with Gasteiger partial charge in [-0.3, -0.25) is 4.98 Å². The fourth-order valence-corrected chi connectivity index (χ4v) is 4.41. The molecule has 0 bridgehead atoms. The number of aromatic nitrogens is 3. The molecule has 2 aromatic carbocycles. The molecule has 6 nitrogen and oxygen atoms in total. The summed E-state index contributed by atoms with van der Waals surface area (Å²) in [7, 11) is 1.48. The Labute approximate surface area is 179 Å². The Hall–Kier alpha value is -3.48. The van der Waals surface area contributed by atoms with E-state index in [1.54, 1.807) is 12.3 Å². The van der Waals surface area contributed by atoms with Crippen LogP contribution >= 0.6 is 0 Å². The summed E-state index contributed by atoms with van der Waals surface area (Å²) < 4.78 is 21.1. The van der Waals surface area contributed by atoms with Crippen LogP contribution in [0.5, 0.6) is 11.8 Å². The van der Waals surface area contributed by atoms with Crippen LogP contribution in [-0.2, 0) is 0 Å². The predicted molar refractivity (Wildman–Crippen MR) is 119 cm³/mol. The van der Waals surface area contributed by atoms with Crippen molar-refractivity contribution in [1.29, 1.82) is 0 Å². The zero-order valence-corrected chi connectivity index (χ0v) is 17.5. The number of methoxy groups -OCH3 is 1. The van der Waals surface area contributed by atoms with Crippen LogP contribution in [0.25, 0.3) is 32.9 Å². The number of ether oxygens (including phenoxy) is 1. The highest BCUT2D eigenvalue weighted by Gasteiger charge is 2.24. The molecule has 1 N–H and O–H groups in total. The van der Waals surface area contributed by atoms with Gasteiger partial charge in [-0.25, -0.2) is 4.39 Å². The number of fused-ring (bicyclic) bond motifs is 2. The SMILES string of the molecule is COc1nc(N2CCCC(C)C2)c2cnc(-c3cc(O)cc4ccccc34)c(F)c2n1. The number of anilines is 1. The lowest BCUT2D eigenvalue weighted by atomic mass is 9.99. The number of pyridine rings is 1. The molecule has 1 atom stereocenters. The predicted octanol–water partition coefficient (Wildman–Crippen LogP) is 4.93. The maximum absolute atomic E-state index is 15.8.